The van der Waals surface area contributed by atoms with E-state index < -0.39 is 5.97 Å². The first-order valence-corrected chi connectivity index (χ1v) is 6.74. The van der Waals surface area contributed by atoms with E-state index in [-0.39, 0.29) is 5.69 Å². The molecule has 0 amide bonds. The largest absolute Gasteiger partial charge is 0.476 e. The summed E-state index contributed by atoms with van der Waals surface area (Å²) in [6.07, 6.45) is 3.22. The highest BCUT2D eigenvalue weighted by Gasteiger charge is 2.21. The third kappa shape index (κ3) is 2.46. The Hall–Kier alpha value is -3.02. The molecule has 0 aliphatic rings. The topological polar surface area (TPSA) is 80.9 Å². The molecule has 2 heterocycles. The average molecular weight is 294 g/mol. The Labute approximate surface area is 127 Å². The number of rotatable bonds is 3. The highest BCUT2D eigenvalue weighted by atomic mass is 16.4. The van der Waals surface area contributed by atoms with Crippen molar-refractivity contribution < 1.29 is 9.90 Å². The lowest BCUT2D eigenvalue weighted by Crippen LogP contribution is -2.03. The number of aromatic carboxylic acids is 1. The molecule has 3 aromatic rings. The maximum atomic E-state index is 11.4. The Kier molecular flexibility index (Phi) is 3.42. The fourth-order valence-electron chi connectivity index (χ4n) is 2.45. The van der Waals surface area contributed by atoms with Crippen LogP contribution < -0.4 is 0 Å². The molecule has 0 spiro atoms. The normalized spacial score (nSPS) is 10.6. The quantitative estimate of drug-likeness (QED) is 0.803. The lowest BCUT2D eigenvalue weighted by molar-refractivity contribution is 0.0691. The molecule has 0 radical (unpaired) electrons. The number of hydrogen-bond donors (Lipinski definition) is 1. The number of pyridine rings is 1. The van der Waals surface area contributed by atoms with Gasteiger partial charge in [-0.1, -0.05) is 11.3 Å². The van der Waals surface area contributed by atoms with Crippen LogP contribution in [0.25, 0.3) is 16.9 Å². The van der Waals surface area contributed by atoms with Crippen LogP contribution in [0.3, 0.4) is 0 Å². The molecule has 0 bridgehead atoms. The third-order valence-electron chi connectivity index (χ3n) is 3.28. The van der Waals surface area contributed by atoms with Gasteiger partial charge in [0.15, 0.2) is 5.69 Å². The van der Waals surface area contributed by atoms with Gasteiger partial charge in [-0.25, -0.2) is 9.48 Å². The molecule has 22 heavy (non-hydrogen) atoms. The van der Waals surface area contributed by atoms with E-state index in [9.17, 15) is 9.90 Å². The Morgan fingerprint density at radius 1 is 1.09 bits per heavy atom. The van der Waals surface area contributed by atoms with Crippen LogP contribution in [0.5, 0.6) is 0 Å². The van der Waals surface area contributed by atoms with Crippen LogP contribution in [0.2, 0.25) is 0 Å². The van der Waals surface area contributed by atoms with Gasteiger partial charge in [-0.3, -0.25) is 4.98 Å². The Morgan fingerprint density at radius 3 is 2.32 bits per heavy atom. The standard InChI is InChI=1S/C16H14N4O2/c1-10-7-11(2)9-13(8-10)20-15(12-3-5-17-6-4-12)14(16(21)22)18-19-20/h3-9H,1-2H3,(H,21,22). The summed E-state index contributed by atoms with van der Waals surface area (Å²) in [5.74, 6) is -1.11. The number of carbonyl (C=O) groups is 1. The van der Waals surface area contributed by atoms with Crippen LogP contribution >= 0.6 is 0 Å². The zero-order valence-corrected chi connectivity index (χ0v) is 12.2. The van der Waals surface area contributed by atoms with Crippen molar-refractivity contribution in [3.63, 3.8) is 0 Å². The van der Waals surface area contributed by atoms with Crippen molar-refractivity contribution in [1.29, 1.82) is 0 Å². The Balaban J connectivity index is 2.27. The minimum atomic E-state index is -1.11. The first-order valence-electron chi connectivity index (χ1n) is 6.74. The van der Waals surface area contributed by atoms with Crippen molar-refractivity contribution in [1.82, 2.24) is 20.0 Å². The van der Waals surface area contributed by atoms with E-state index in [1.54, 1.807) is 29.2 Å². The van der Waals surface area contributed by atoms with Crippen LogP contribution in [0.1, 0.15) is 21.6 Å². The number of aromatic nitrogens is 4. The van der Waals surface area contributed by atoms with Crippen molar-refractivity contribution >= 4 is 5.97 Å². The van der Waals surface area contributed by atoms with Gasteiger partial charge in [0.05, 0.1) is 5.69 Å². The van der Waals surface area contributed by atoms with Crippen molar-refractivity contribution in [2.45, 2.75) is 13.8 Å². The second kappa shape index (κ2) is 5.40. The van der Waals surface area contributed by atoms with Crippen LogP contribution in [-0.2, 0) is 0 Å². The lowest BCUT2D eigenvalue weighted by Gasteiger charge is -2.09. The summed E-state index contributed by atoms with van der Waals surface area (Å²) in [5, 5.41) is 17.2. The van der Waals surface area contributed by atoms with E-state index >= 15 is 0 Å². The highest BCUT2D eigenvalue weighted by molar-refractivity contribution is 5.93. The van der Waals surface area contributed by atoms with Gasteiger partial charge in [-0.2, -0.15) is 0 Å². The molecule has 0 fully saturated rings. The summed E-state index contributed by atoms with van der Waals surface area (Å²) < 4.78 is 1.55. The predicted octanol–water partition coefficient (Wildman–Crippen LogP) is 2.64. The molecule has 1 N–H and O–H groups in total. The van der Waals surface area contributed by atoms with Crippen LogP contribution in [0.15, 0.2) is 42.7 Å². The van der Waals surface area contributed by atoms with E-state index in [2.05, 4.69) is 15.3 Å². The maximum absolute atomic E-state index is 11.4. The first-order chi connectivity index (χ1) is 10.6. The van der Waals surface area contributed by atoms with Gasteiger partial charge >= 0.3 is 5.97 Å². The molecule has 0 saturated heterocycles. The van der Waals surface area contributed by atoms with Gasteiger partial charge in [0, 0.05) is 18.0 Å². The third-order valence-corrected chi connectivity index (χ3v) is 3.28. The minimum absolute atomic E-state index is 0.0784. The molecule has 0 aliphatic heterocycles. The molecule has 1 aromatic carbocycles. The smallest absolute Gasteiger partial charge is 0.358 e. The van der Waals surface area contributed by atoms with E-state index in [0.717, 1.165) is 16.8 Å². The van der Waals surface area contributed by atoms with Gasteiger partial charge in [-0.15, -0.1) is 5.10 Å². The SMILES string of the molecule is Cc1cc(C)cc(-n2nnc(C(=O)O)c2-c2ccncc2)c1. The summed E-state index contributed by atoms with van der Waals surface area (Å²) in [5.41, 5.74) is 4.00. The van der Waals surface area contributed by atoms with Crippen molar-refractivity contribution in [3.05, 3.63) is 59.5 Å². The average Bonchev–Trinajstić information content (AvgIpc) is 2.92. The Morgan fingerprint density at radius 2 is 1.73 bits per heavy atom. The van der Waals surface area contributed by atoms with Gasteiger partial charge in [0.25, 0.3) is 0 Å². The summed E-state index contributed by atoms with van der Waals surface area (Å²) in [6, 6.07) is 9.41. The van der Waals surface area contributed by atoms with Gasteiger partial charge in [0.2, 0.25) is 0 Å². The molecular weight excluding hydrogens is 280 g/mol. The van der Waals surface area contributed by atoms with E-state index in [4.69, 9.17) is 0 Å². The minimum Gasteiger partial charge on any atom is -0.476 e. The number of carboxylic acid groups (broad SMARTS) is 1. The molecule has 110 valence electrons. The lowest BCUT2D eigenvalue weighted by atomic mass is 10.1. The molecular formula is C16H14N4O2. The summed E-state index contributed by atoms with van der Waals surface area (Å²) in [6.45, 7) is 3.97. The molecule has 6 heteroatoms. The zero-order valence-electron chi connectivity index (χ0n) is 12.2. The van der Waals surface area contributed by atoms with E-state index in [1.807, 2.05) is 32.0 Å². The summed E-state index contributed by atoms with van der Waals surface area (Å²) in [7, 11) is 0. The number of aryl methyl sites for hydroxylation is 2. The van der Waals surface area contributed by atoms with Crippen molar-refractivity contribution in [2.24, 2.45) is 0 Å². The molecule has 2 aromatic heterocycles. The van der Waals surface area contributed by atoms with Crippen LogP contribution in [-0.4, -0.2) is 31.1 Å². The second-order valence-electron chi connectivity index (χ2n) is 5.09. The molecule has 0 aliphatic carbocycles. The fraction of sp³-hybridized carbons (Fsp3) is 0.125. The zero-order chi connectivity index (χ0) is 15.7. The molecule has 0 saturated carbocycles. The maximum Gasteiger partial charge on any atom is 0.358 e. The summed E-state index contributed by atoms with van der Waals surface area (Å²) in [4.78, 5) is 15.4. The number of hydrogen-bond acceptors (Lipinski definition) is 4. The second-order valence-corrected chi connectivity index (χ2v) is 5.09. The monoisotopic (exact) mass is 294 g/mol. The molecule has 3 rings (SSSR count). The van der Waals surface area contributed by atoms with Crippen molar-refractivity contribution in [2.75, 3.05) is 0 Å². The van der Waals surface area contributed by atoms with Crippen LogP contribution in [0.4, 0.5) is 0 Å². The number of nitrogens with zero attached hydrogens (tertiary/aromatic N) is 4. The molecule has 6 nitrogen and oxygen atoms in total. The van der Waals surface area contributed by atoms with Gasteiger partial charge < -0.3 is 5.11 Å². The van der Waals surface area contributed by atoms with Gasteiger partial charge in [0.1, 0.15) is 5.69 Å². The van der Waals surface area contributed by atoms with E-state index in [1.165, 1.54) is 0 Å². The Bertz CT molecular complexity index is 820. The summed E-state index contributed by atoms with van der Waals surface area (Å²) >= 11 is 0. The highest BCUT2D eigenvalue weighted by Crippen LogP contribution is 2.25. The first kappa shape index (κ1) is 13.9. The molecule has 0 unspecified atom stereocenters. The van der Waals surface area contributed by atoms with Gasteiger partial charge in [-0.05, 0) is 49.2 Å². The number of benzene rings is 1. The predicted molar refractivity (Wildman–Crippen MR) is 81.0 cm³/mol. The van der Waals surface area contributed by atoms with Crippen molar-refractivity contribution in [3.8, 4) is 16.9 Å². The fourth-order valence-corrected chi connectivity index (χ4v) is 2.45. The number of carboxylic acids is 1. The van der Waals surface area contributed by atoms with Crippen LogP contribution in [0, 0.1) is 13.8 Å². The van der Waals surface area contributed by atoms with E-state index in [0.29, 0.717) is 11.3 Å². The molecule has 0 atom stereocenters.